The number of quaternary nitrogens is 1. The number of ether oxygens (including phenoxy) is 1. The first-order chi connectivity index (χ1) is 38.4. The Bertz CT molecular complexity index is 1580. The van der Waals surface area contributed by atoms with E-state index in [-0.39, 0.29) is 31.5 Å². The van der Waals surface area contributed by atoms with E-state index in [4.69, 9.17) is 13.8 Å². The van der Waals surface area contributed by atoms with E-state index in [0.717, 1.165) is 89.9 Å². The molecule has 2 N–H and O–H groups in total. The first-order valence-electron chi connectivity index (χ1n) is 33.3. The van der Waals surface area contributed by atoms with Gasteiger partial charge in [0.25, 0.3) is 0 Å². The number of hydrogen-bond acceptors (Lipinski definition) is 6. The van der Waals surface area contributed by atoms with Gasteiger partial charge in [0.05, 0.1) is 33.8 Å². The Morgan fingerprint density at radius 2 is 0.861 bits per heavy atom. The Balaban J connectivity index is 5.03. The molecule has 0 spiro atoms. The molecule has 0 heterocycles. The van der Waals surface area contributed by atoms with Crippen LogP contribution < -0.4 is 5.32 Å². The molecule has 3 atom stereocenters. The number of unbranched alkanes of at least 4 members (excludes halogenated alkanes) is 36. The Kier molecular flexibility index (Phi) is 56.7. The SMILES string of the molecule is CC/C=C/C=C/C=C\CCCCCCCC(=O)NC(COP(=O)(O)OCC[N+](C)(C)C)C(/C=C\CCCCCCCCCCCCC)OC(=O)CCCCCCCCCCCCCCCCCCC/C=C\C/C=C\CCCCC. The van der Waals surface area contributed by atoms with Crippen LogP contribution in [0.25, 0.3) is 0 Å². The zero-order valence-electron chi connectivity index (χ0n) is 52.6. The Morgan fingerprint density at radius 3 is 1.33 bits per heavy atom. The number of rotatable bonds is 60. The van der Waals surface area contributed by atoms with E-state index in [1.54, 1.807) is 0 Å². The third kappa shape index (κ3) is 59.9. The molecule has 1 amide bonds. The van der Waals surface area contributed by atoms with Gasteiger partial charge in [-0.15, -0.1) is 0 Å². The molecule has 3 unspecified atom stereocenters. The Labute approximate surface area is 489 Å². The second-order valence-corrected chi connectivity index (χ2v) is 25.1. The lowest BCUT2D eigenvalue weighted by atomic mass is 10.0. The minimum atomic E-state index is -4.46. The summed E-state index contributed by atoms with van der Waals surface area (Å²) in [6.07, 6.45) is 76.3. The van der Waals surface area contributed by atoms with Crippen molar-refractivity contribution >= 4 is 19.7 Å². The van der Waals surface area contributed by atoms with Crippen LogP contribution in [0.3, 0.4) is 0 Å². The van der Waals surface area contributed by atoms with Crippen molar-refractivity contribution in [1.29, 1.82) is 0 Å². The number of phosphoric ester groups is 1. The van der Waals surface area contributed by atoms with Gasteiger partial charge in [-0.05, 0) is 83.1 Å². The molecule has 0 aliphatic rings. The molecule has 10 heteroatoms. The van der Waals surface area contributed by atoms with Crippen LogP contribution in [0, 0.1) is 0 Å². The van der Waals surface area contributed by atoms with Gasteiger partial charge in [-0.2, -0.15) is 0 Å². The van der Waals surface area contributed by atoms with Gasteiger partial charge in [0.1, 0.15) is 19.3 Å². The molecule has 0 saturated heterocycles. The van der Waals surface area contributed by atoms with Crippen molar-refractivity contribution in [3.05, 3.63) is 72.9 Å². The van der Waals surface area contributed by atoms with Gasteiger partial charge in [0, 0.05) is 12.8 Å². The average molecular weight is 1130 g/mol. The second kappa shape index (κ2) is 58.6. The number of carbonyl (C=O) groups is 2. The summed E-state index contributed by atoms with van der Waals surface area (Å²) in [4.78, 5) is 37.7. The maximum absolute atomic E-state index is 13.5. The fourth-order valence-corrected chi connectivity index (χ4v) is 10.3. The molecule has 0 bridgehead atoms. The molecule has 9 nitrogen and oxygen atoms in total. The summed E-state index contributed by atoms with van der Waals surface area (Å²) in [7, 11) is 1.48. The summed E-state index contributed by atoms with van der Waals surface area (Å²) >= 11 is 0. The smallest absolute Gasteiger partial charge is 0.456 e. The minimum absolute atomic E-state index is 0.0348. The van der Waals surface area contributed by atoms with Crippen LogP contribution in [-0.4, -0.2) is 74.3 Å². The lowest BCUT2D eigenvalue weighted by Gasteiger charge is -2.27. The topological polar surface area (TPSA) is 111 Å². The predicted molar refractivity (Wildman–Crippen MR) is 341 cm³/mol. The molecule has 0 aromatic carbocycles. The molecule has 460 valence electrons. The van der Waals surface area contributed by atoms with Crippen LogP contribution in [0.5, 0.6) is 0 Å². The summed E-state index contributed by atoms with van der Waals surface area (Å²) in [5, 5.41) is 3.05. The molecule has 0 rings (SSSR count). The highest BCUT2D eigenvalue weighted by Gasteiger charge is 2.30. The Morgan fingerprint density at radius 1 is 0.468 bits per heavy atom. The number of hydrogen-bond donors (Lipinski definition) is 2. The molecule has 0 aliphatic carbocycles. The van der Waals surface area contributed by atoms with Gasteiger partial charge in [0.2, 0.25) is 5.91 Å². The molecule has 0 aromatic rings. The molecule has 0 radical (unpaired) electrons. The molecular weight excluding hydrogens is 1000 g/mol. The normalized spacial score (nSPS) is 14.1. The van der Waals surface area contributed by atoms with Crippen molar-refractivity contribution in [2.45, 2.75) is 315 Å². The van der Waals surface area contributed by atoms with Gasteiger partial charge < -0.3 is 19.4 Å². The van der Waals surface area contributed by atoms with Crippen molar-refractivity contribution in [3.63, 3.8) is 0 Å². The van der Waals surface area contributed by atoms with Crippen LogP contribution in [0.15, 0.2) is 72.9 Å². The van der Waals surface area contributed by atoms with Crippen molar-refractivity contribution in [2.75, 3.05) is 40.9 Å². The van der Waals surface area contributed by atoms with Crippen LogP contribution >= 0.6 is 7.82 Å². The lowest BCUT2D eigenvalue weighted by molar-refractivity contribution is -0.870. The number of amides is 1. The maximum Gasteiger partial charge on any atom is 0.472 e. The Hall–Kier alpha value is -2.55. The largest absolute Gasteiger partial charge is 0.472 e. The number of allylic oxidation sites excluding steroid dienone is 11. The van der Waals surface area contributed by atoms with Crippen molar-refractivity contribution in [1.82, 2.24) is 5.32 Å². The number of nitrogens with one attached hydrogen (secondary N) is 1. The van der Waals surface area contributed by atoms with Crippen molar-refractivity contribution < 1.29 is 37.3 Å². The molecule has 0 aliphatic heterocycles. The monoisotopic (exact) mass is 1130 g/mol. The van der Waals surface area contributed by atoms with E-state index in [1.807, 2.05) is 33.3 Å². The third-order valence-corrected chi connectivity index (χ3v) is 15.7. The van der Waals surface area contributed by atoms with E-state index in [9.17, 15) is 19.0 Å². The number of esters is 1. The quantitative estimate of drug-likeness (QED) is 0.0156. The third-order valence-electron chi connectivity index (χ3n) is 14.7. The first-order valence-corrected chi connectivity index (χ1v) is 34.8. The van der Waals surface area contributed by atoms with E-state index in [1.165, 1.54) is 180 Å². The van der Waals surface area contributed by atoms with Gasteiger partial charge >= 0.3 is 13.8 Å². The second-order valence-electron chi connectivity index (χ2n) is 23.7. The summed E-state index contributed by atoms with van der Waals surface area (Å²) in [6, 6.07) is -0.860. The predicted octanol–water partition coefficient (Wildman–Crippen LogP) is 20.8. The van der Waals surface area contributed by atoms with Crippen molar-refractivity contribution in [2.24, 2.45) is 0 Å². The maximum atomic E-state index is 13.5. The molecular formula is C69H128N2O7P+. The minimum Gasteiger partial charge on any atom is -0.456 e. The van der Waals surface area contributed by atoms with Gasteiger partial charge in [-0.3, -0.25) is 18.6 Å². The van der Waals surface area contributed by atoms with E-state index in [0.29, 0.717) is 17.4 Å². The van der Waals surface area contributed by atoms with Gasteiger partial charge in [0.15, 0.2) is 0 Å². The van der Waals surface area contributed by atoms with Gasteiger partial charge in [-0.1, -0.05) is 280 Å². The highest BCUT2D eigenvalue weighted by molar-refractivity contribution is 7.47. The summed E-state index contributed by atoms with van der Waals surface area (Å²) in [6.45, 7) is 6.86. The fourth-order valence-electron chi connectivity index (χ4n) is 9.56. The average Bonchev–Trinajstić information content (AvgIpc) is 3.41. The molecule has 0 saturated carbocycles. The number of likely N-dealkylation sites (N-methyl/N-ethyl adjacent to an activating group) is 1. The number of carbonyl (C=O) groups excluding carboxylic acids is 2. The lowest BCUT2D eigenvalue weighted by Crippen LogP contribution is -2.47. The standard InChI is InChI=1S/C69H127N2O7P/c1-7-10-13-16-19-22-25-28-29-30-31-32-33-34-35-36-37-38-39-40-41-44-47-50-53-56-59-62-69(73)78-67(60-57-54-51-48-45-42-26-23-20-17-14-11-8-2)66(65-77-79(74,75)76-64-63-71(4,5)6)70-68(72)61-58-55-52-49-46-43-27-24-21-18-15-12-9-3/h12,15,18-19,21-22,24,27-29,57,60,66-67H,7-11,13-14,16-17,20,23,25-26,30-56,58-59,61-65H2,1-6H3,(H-,70,72,74,75)/p+1/b15-12+,21-18+,22-19-,27-24-,29-28-,60-57-. The van der Waals surface area contributed by atoms with Crippen LogP contribution in [0.4, 0.5) is 0 Å². The zero-order valence-corrected chi connectivity index (χ0v) is 53.5. The van der Waals surface area contributed by atoms with Gasteiger partial charge in [-0.25, -0.2) is 4.57 Å². The fraction of sp³-hybridized carbons (Fsp3) is 0.797. The zero-order chi connectivity index (χ0) is 57.9. The van der Waals surface area contributed by atoms with Crippen LogP contribution in [0.1, 0.15) is 303 Å². The van der Waals surface area contributed by atoms with E-state index < -0.39 is 20.0 Å². The number of nitrogens with zero attached hydrogens (tertiary/aromatic N) is 1. The van der Waals surface area contributed by atoms with E-state index in [2.05, 4.69) is 86.8 Å². The number of phosphoric acid groups is 1. The summed E-state index contributed by atoms with van der Waals surface area (Å²) in [5.74, 6) is -0.522. The molecule has 0 fully saturated rings. The first kappa shape index (κ1) is 76.5. The van der Waals surface area contributed by atoms with E-state index >= 15 is 0 Å². The molecule has 79 heavy (non-hydrogen) atoms. The van der Waals surface area contributed by atoms with Crippen LogP contribution in [0.2, 0.25) is 0 Å². The highest BCUT2D eigenvalue weighted by atomic mass is 31.2. The van der Waals surface area contributed by atoms with Crippen LogP contribution in [-0.2, 0) is 27.9 Å². The van der Waals surface area contributed by atoms with Crippen molar-refractivity contribution in [3.8, 4) is 0 Å². The summed E-state index contributed by atoms with van der Waals surface area (Å²) < 4.78 is 30.7. The summed E-state index contributed by atoms with van der Waals surface area (Å²) in [5.41, 5.74) is 0. The molecule has 0 aromatic heterocycles. The highest BCUT2D eigenvalue weighted by Crippen LogP contribution is 2.43.